The molecule has 2 aliphatic rings. The molecule has 1 aromatic carbocycles. The molecule has 0 saturated carbocycles. The number of carbonyl (C=O) groups is 2. The Morgan fingerprint density at radius 1 is 1.52 bits per heavy atom. The summed E-state index contributed by atoms with van der Waals surface area (Å²) in [4.78, 5) is 26.0. The second-order valence-corrected chi connectivity index (χ2v) is 7.22. The SMILES string of the molecule is Cc1cc(F)ccc1NC(=O)[C@@H]1CS[C@@]2(C)CCC(=O)N12. The predicted molar refractivity (Wildman–Crippen MR) is 80.5 cm³/mol. The van der Waals surface area contributed by atoms with E-state index >= 15 is 0 Å². The van der Waals surface area contributed by atoms with Gasteiger partial charge in [0, 0.05) is 17.9 Å². The third-order valence-electron chi connectivity index (χ3n) is 4.19. The Hall–Kier alpha value is -1.56. The van der Waals surface area contributed by atoms with Gasteiger partial charge in [0.25, 0.3) is 0 Å². The molecule has 0 spiro atoms. The molecule has 4 nitrogen and oxygen atoms in total. The Balaban J connectivity index is 1.78. The van der Waals surface area contributed by atoms with Gasteiger partial charge in [-0.15, -0.1) is 11.8 Å². The number of aryl methyl sites for hydroxylation is 1. The van der Waals surface area contributed by atoms with Gasteiger partial charge in [-0.2, -0.15) is 0 Å². The van der Waals surface area contributed by atoms with Crippen molar-refractivity contribution >= 4 is 29.3 Å². The number of halogens is 1. The first-order valence-corrected chi connectivity index (χ1v) is 7.92. The maximum atomic E-state index is 13.1. The average molecular weight is 308 g/mol. The Kier molecular flexibility index (Phi) is 3.43. The minimum Gasteiger partial charge on any atom is -0.324 e. The Labute approximate surface area is 127 Å². The van der Waals surface area contributed by atoms with E-state index in [0.29, 0.717) is 23.4 Å². The number of fused-ring (bicyclic) bond motifs is 1. The zero-order chi connectivity index (χ0) is 15.2. The minimum atomic E-state index is -0.445. The summed E-state index contributed by atoms with van der Waals surface area (Å²) in [5.41, 5.74) is 1.26. The predicted octanol–water partition coefficient (Wildman–Crippen LogP) is 2.53. The molecule has 0 aliphatic carbocycles. The second-order valence-electron chi connectivity index (χ2n) is 5.71. The molecule has 21 heavy (non-hydrogen) atoms. The normalized spacial score (nSPS) is 27.9. The lowest BCUT2D eigenvalue weighted by Gasteiger charge is -2.30. The fourth-order valence-corrected chi connectivity index (χ4v) is 4.43. The standard InChI is InChI=1S/C15H17FN2O2S/c1-9-7-10(16)3-4-11(9)17-14(20)12-8-21-15(2)6-5-13(19)18(12)15/h3-4,7,12H,5-6,8H2,1-2H3,(H,17,20)/t12-,15-/m0/s1. The Morgan fingerprint density at radius 2 is 2.29 bits per heavy atom. The van der Waals surface area contributed by atoms with Crippen LogP contribution in [-0.2, 0) is 9.59 Å². The highest BCUT2D eigenvalue weighted by atomic mass is 32.2. The van der Waals surface area contributed by atoms with Crippen molar-refractivity contribution in [1.29, 1.82) is 0 Å². The number of amides is 2. The van der Waals surface area contributed by atoms with Gasteiger partial charge in [-0.1, -0.05) is 0 Å². The average Bonchev–Trinajstić information content (AvgIpc) is 2.90. The highest BCUT2D eigenvalue weighted by molar-refractivity contribution is 8.01. The van der Waals surface area contributed by atoms with E-state index in [1.54, 1.807) is 29.7 Å². The monoisotopic (exact) mass is 308 g/mol. The molecule has 2 heterocycles. The van der Waals surface area contributed by atoms with Gasteiger partial charge in [0.05, 0.1) is 4.87 Å². The number of anilines is 1. The highest BCUT2D eigenvalue weighted by Crippen LogP contribution is 2.47. The summed E-state index contributed by atoms with van der Waals surface area (Å²) < 4.78 is 13.1. The minimum absolute atomic E-state index is 0.0403. The molecule has 1 aromatic rings. The van der Waals surface area contributed by atoms with Crippen LogP contribution in [0, 0.1) is 12.7 Å². The lowest BCUT2D eigenvalue weighted by atomic mass is 10.1. The lowest BCUT2D eigenvalue weighted by molar-refractivity contribution is -0.135. The van der Waals surface area contributed by atoms with Crippen molar-refractivity contribution in [2.75, 3.05) is 11.1 Å². The molecule has 1 N–H and O–H groups in total. The van der Waals surface area contributed by atoms with Gasteiger partial charge >= 0.3 is 0 Å². The molecular weight excluding hydrogens is 291 g/mol. The second kappa shape index (κ2) is 5.02. The summed E-state index contributed by atoms with van der Waals surface area (Å²) in [5.74, 6) is 0.118. The molecule has 3 rings (SSSR count). The van der Waals surface area contributed by atoms with E-state index in [9.17, 15) is 14.0 Å². The van der Waals surface area contributed by atoms with Crippen molar-refractivity contribution < 1.29 is 14.0 Å². The van der Waals surface area contributed by atoms with Gasteiger partial charge in [0.2, 0.25) is 11.8 Å². The third-order valence-corrected chi connectivity index (χ3v) is 5.70. The van der Waals surface area contributed by atoms with E-state index < -0.39 is 6.04 Å². The van der Waals surface area contributed by atoms with Crippen LogP contribution in [0.4, 0.5) is 10.1 Å². The summed E-state index contributed by atoms with van der Waals surface area (Å²) in [7, 11) is 0. The van der Waals surface area contributed by atoms with E-state index in [1.165, 1.54) is 12.1 Å². The van der Waals surface area contributed by atoms with Crippen LogP contribution in [0.25, 0.3) is 0 Å². The van der Waals surface area contributed by atoms with Crippen molar-refractivity contribution in [2.24, 2.45) is 0 Å². The van der Waals surface area contributed by atoms with Crippen molar-refractivity contribution in [3.05, 3.63) is 29.6 Å². The first-order chi connectivity index (χ1) is 9.90. The van der Waals surface area contributed by atoms with Crippen LogP contribution in [0.2, 0.25) is 0 Å². The van der Waals surface area contributed by atoms with E-state index in [-0.39, 0.29) is 22.5 Å². The van der Waals surface area contributed by atoms with Crippen LogP contribution < -0.4 is 5.32 Å². The molecule has 2 amide bonds. The number of thioether (sulfide) groups is 1. The molecule has 0 aromatic heterocycles. The van der Waals surface area contributed by atoms with Gasteiger partial charge in [0.15, 0.2) is 0 Å². The maximum Gasteiger partial charge on any atom is 0.248 e. The topological polar surface area (TPSA) is 49.4 Å². The van der Waals surface area contributed by atoms with Crippen molar-refractivity contribution in [1.82, 2.24) is 4.90 Å². The van der Waals surface area contributed by atoms with E-state index in [0.717, 1.165) is 6.42 Å². The smallest absolute Gasteiger partial charge is 0.248 e. The number of hydrogen-bond acceptors (Lipinski definition) is 3. The quantitative estimate of drug-likeness (QED) is 0.913. The van der Waals surface area contributed by atoms with Crippen LogP contribution in [0.5, 0.6) is 0 Å². The summed E-state index contributed by atoms with van der Waals surface area (Å²) in [6.07, 6.45) is 1.29. The van der Waals surface area contributed by atoms with Gasteiger partial charge in [-0.3, -0.25) is 9.59 Å². The number of benzene rings is 1. The van der Waals surface area contributed by atoms with Crippen LogP contribution >= 0.6 is 11.8 Å². The van der Waals surface area contributed by atoms with Crippen LogP contribution in [-0.4, -0.2) is 33.4 Å². The summed E-state index contributed by atoms with van der Waals surface area (Å²) in [5, 5.41) is 2.82. The Morgan fingerprint density at radius 3 is 3.00 bits per heavy atom. The van der Waals surface area contributed by atoms with Crippen LogP contribution in [0.3, 0.4) is 0 Å². The lowest BCUT2D eigenvalue weighted by Crippen LogP contribution is -2.48. The molecule has 112 valence electrons. The van der Waals surface area contributed by atoms with Gasteiger partial charge in [0.1, 0.15) is 11.9 Å². The Bertz CT molecular complexity index is 622. The van der Waals surface area contributed by atoms with Gasteiger partial charge in [-0.05, 0) is 44.0 Å². The summed E-state index contributed by atoms with van der Waals surface area (Å²) in [6.45, 7) is 3.76. The van der Waals surface area contributed by atoms with Crippen molar-refractivity contribution in [2.45, 2.75) is 37.6 Å². The fourth-order valence-electron chi connectivity index (χ4n) is 3.00. The first kappa shape index (κ1) is 14.4. The number of rotatable bonds is 2. The molecule has 2 atom stereocenters. The number of nitrogens with zero attached hydrogens (tertiary/aromatic N) is 1. The fraction of sp³-hybridized carbons (Fsp3) is 0.467. The van der Waals surface area contributed by atoms with Gasteiger partial charge < -0.3 is 10.2 Å². The van der Waals surface area contributed by atoms with Crippen molar-refractivity contribution in [3.63, 3.8) is 0 Å². The van der Waals surface area contributed by atoms with E-state index in [1.807, 2.05) is 6.92 Å². The highest BCUT2D eigenvalue weighted by Gasteiger charge is 2.52. The van der Waals surface area contributed by atoms with E-state index in [2.05, 4.69) is 5.32 Å². The molecule has 2 saturated heterocycles. The van der Waals surface area contributed by atoms with Crippen LogP contribution in [0.15, 0.2) is 18.2 Å². The molecule has 0 radical (unpaired) electrons. The molecular formula is C15H17FN2O2S. The number of carbonyl (C=O) groups excluding carboxylic acids is 2. The third kappa shape index (κ3) is 2.41. The van der Waals surface area contributed by atoms with Crippen molar-refractivity contribution in [3.8, 4) is 0 Å². The largest absolute Gasteiger partial charge is 0.324 e. The maximum absolute atomic E-state index is 13.1. The van der Waals surface area contributed by atoms with Gasteiger partial charge in [-0.25, -0.2) is 4.39 Å². The zero-order valence-corrected chi connectivity index (χ0v) is 12.8. The zero-order valence-electron chi connectivity index (χ0n) is 12.0. The molecule has 0 bridgehead atoms. The number of hydrogen-bond donors (Lipinski definition) is 1. The number of nitrogens with one attached hydrogen (secondary N) is 1. The van der Waals surface area contributed by atoms with E-state index in [4.69, 9.17) is 0 Å². The summed E-state index contributed by atoms with van der Waals surface area (Å²) >= 11 is 1.66. The molecule has 0 unspecified atom stereocenters. The molecule has 2 fully saturated rings. The van der Waals surface area contributed by atoms with Crippen LogP contribution in [0.1, 0.15) is 25.3 Å². The summed E-state index contributed by atoms with van der Waals surface area (Å²) in [6, 6.07) is 3.80. The first-order valence-electron chi connectivity index (χ1n) is 6.94. The molecule has 6 heteroatoms. The molecule has 2 aliphatic heterocycles.